The average molecular weight is 325 g/mol. The third-order valence-corrected chi connectivity index (χ3v) is 4.00. The molecule has 0 aliphatic rings. The predicted octanol–water partition coefficient (Wildman–Crippen LogP) is 4.52. The fourth-order valence-electron chi connectivity index (χ4n) is 2.70. The number of ether oxygens (including phenoxy) is 1. The summed E-state index contributed by atoms with van der Waals surface area (Å²) in [5, 5.41) is 3.05. The lowest BCUT2D eigenvalue weighted by atomic mass is 10.00. The van der Waals surface area contributed by atoms with Crippen LogP contribution < -0.4 is 5.32 Å². The molecule has 3 nitrogen and oxygen atoms in total. The summed E-state index contributed by atoms with van der Waals surface area (Å²) in [7, 11) is 1.66. The zero-order valence-electron chi connectivity index (χ0n) is 15.0. The number of carbonyl (C=O) groups excluding carboxylic acids is 1. The molecular weight excluding hydrogens is 298 g/mol. The van der Waals surface area contributed by atoms with Gasteiger partial charge in [0.05, 0.1) is 12.6 Å². The maximum atomic E-state index is 12.4. The number of hydrogen-bond acceptors (Lipinski definition) is 2. The lowest BCUT2D eigenvalue weighted by molar-refractivity contribution is 0.0940. The van der Waals surface area contributed by atoms with E-state index in [0.29, 0.717) is 18.1 Å². The Balaban J connectivity index is 1.97. The first-order valence-corrected chi connectivity index (χ1v) is 8.47. The van der Waals surface area contributed by atoms with E-state index in [1.54, 1.807) is 7.11 Å². The lowest BCUT2D eigenvalue weighted by Gasteiger charge is -2.15. The zero-order valence-corrected chi connectivity index (χ0v) is 15.0. The molecule has 24 heavy (non-hydrogen) atoms. The summed E-state index contributed by atoms with van der Waals surface area (Å²) in [6.45, 7) is 7.00. The molecule has 1 N–H and O–H groups in total. The van der Waals surface area contributed by atoms with Crippen LogP contribution in [0.25, 0.3) is 0 Å². The number of carbonyl (C=O) groups is 1. The van der Waals surface area contributed by atoms with Gasteiger partial charge in [0.25, 0.3) is 5.91 Å². The van der Waals surface area contributed by atoms with Crippen molar-refractivity contribution in [1.29, 1.82) is 0 Å². The SMILES string of the molecule is COCc1ccc(C(=O)NC(C)c2ccc(CC(C)C)cc2)cc1. The molecule has 1 amide bonds. The number of hydrogen-bond donors (Lipinski definition) is 1. The molecule has 1 unspecified atom stereocenters. The van der Waals surface area contributed by atoms with Crippen LogP contribution in [0.5, 0.6) is 0 Å². The molecule has 128 valence electrons. The Morgan fingerprint density at radius 2 is 1.54 bits per heavy atom. The molecule has 2 rings (SSSR count). The smallest absolute Gasteiger partial charge is 0.251 e. The maximum absolute atomic E-state index is 12.4. The number of benzene rings is 2. The minimum atomic E-state index is -0.0577. The van der Waals surface area contributed by atoms with Crippen molar-refractivity contribution in [2.75, 3.05) is 7.11 Å². The summed E-state index contributed by atoms with van der Waals surface area (Å²) in [6, 6.07) is 16.0. The van der Waals surface area contributed by atoms with Crippen LogP contribution in [0.15, 0.2) is 48.5 Å². The highest BCUT2D eigenvalue weighted by atomic mass is 16.5. The first-order chi connectivity index (χ1) is 11.5. The van der Waals surface area contributed by atoms with E-state index in [1.807, 2.05) is 31.2 Å². The van der Waals surface area contributed by atoms with Crippen molar-refractivity contribution in [1.82, 2.24) is 5.32 Å². The van der Waals surface area contributed by atoms with Crippen molar-refractivity contribution in [2.45, 2.75) is 39.8 Å². The van der Waals surface area contributed by atoms with Gasteiger partial charge in [0, 0.05) is 12.7 Å². The minimum Gasteiger partial charge on any atom is -0.380 e. The van der Waals surface area contributed by atoms with Gasteiger partial charge in [-0.2, -0.15) is 0 Å². The summed E-state index contributed by atoms with van der Waals surface area (Å²) < 4.78 is 5.08. The highest BCUT2D eigenvalue weighted by Gasteiger charge is 2.11. The summed E-state index contributed by atoms with van der Waals surface area (Å²) in [6.07, 6.45) is 1.08. The minimum absolute atomic E-state index is 0.0238. The molecule has 0 aliphatic heterocycles. The monoisotopic (exact) mass is 325 g/mol. The normalized spacial score (nSPS) is 12.2. The number of amides is 1. The largest absolute Gasteiger partial charge is 0.380 e. The van der Waals surface area contributed by atoms with Crippen molar-refractivity contribution in [3.05, 3.63) is 70.8 Å². The van der Waals surface area contributed by atoms with Crippen LogP contribution in [0.2, 0.25) is 0 Å². The second kappa shape index (κ2) is 8.65. The first kappa shape index (κ1) is 18.2. The molecule has 0 aliphatic carbocycles. The van der Waals surface area contributed by atoms with Crippen LogP contribution in [0.3, 0.4) is 0 Å². The molecule has 0 heterocycles. The molecule has 0 saturated heterocycles. The summed E-state index contributed by atoms with van der Waals surface area (Å²) in [5.41, 5.74) is 4.17. The molecule has 0 bridgehead atoms. The topological polar surface area (TPSA) is 38.3 Å². The van der Waals surface area contributed by atoms with E-state index < -0.39 is 0 Å². The molecular formula is C21H27NO2. The maximum Gasteiger partial charge on any atom is 0.251 e. The van der Waals surface area contributed by atoms with Gasteiger partial charge in [-0.1, -0.05) is 50.2 Å². The molecule has 0 radical (unpaired) electrons. The third kappa shape index (κ3) is 5.20. The molecule has 0 fully saturated rings. The van der Waals surface area contributed by atoms with E-state index in [1.165, 1.54) is 5.56 Å². The predicted molar refractivity (Wildman–Crippen MR) is 98.0 cm³/mol. The Kier molecular flexibility index (Phi) is 6.56. The fraction of sp³-hybridized carbons (Fsp3) is 0.381. The zero-order chi connectivity index (χ0) is 17.5. The van der Waals surface area contributed by atoms with Crippen molar-refractivity contribution >= 4 is 5.91 Å². The summed E-state index contributed by atoms with van der Waals surface area (Å²) in [5.74, 6) is 0.590. The Morgan fingerprint density at radius 1 is 0.958 bits per heavy atom. The number of nitrogens with one attached hydrogen (secondary N) is 1. The molecule has 3 heteroatoms. The van der Waals surface area contributed by atoms with E-state index in [0.717, 1.165) is 17.5 Å². The van der Waals surface area contributed by atoms with E-state index in [-0.39, 0.29) is 11.9 Å². The van der Waals surface area contributed by atoms with Gasteiger partial charge in [-0.25, -0.2) is 0 Å². The van der Waals surface area contributed by atoms with Crippen molar-refractivity contribution < 1.29 is 9.53 Å². The van der Waals surface area contributed by atoms with Crippen LogP contribution >= 0.6 is 0 Å². The van der Waals surface area contributed by atoms with E-state index in [4.69, 9.17) is 4.74 Å². The molecule has 0 saturated carbocycles. The van der Waals surface area contributed by atoms with Gasteiger partial charge in [0.2, 0.25) is 0 Å². The van der Waals surface area contributed by atoms with Crippen molar-refractivity contribution in [2.24, 2.45) is 5.92 Å². The lowest BCUT2D eigenvalue weighted by Crippen LogP contribution is -2.26. The van der Waals surface area contributed by atoms with E-state index >= 15 is 0 Å². The van der Waals surface area contributed by atoms with Crippen LogP contribution in [-0.2, 0) is 17.8 Å². The average Bonchev–Trinajstić information content (AvgIpc) is 2.56. The summed E-state index contributed by atoms with van der Waals surface area (Å²) in [4.78, 5) is 12.4. The van der Waals surface area contributed by atoms with Gasteiger partial charge in [-0.05, 0) is 48.1 Å². The van der Waals surface area contributed by atoms with Gasteiger partial charge in [0.15, 0.2) is 0 Å². The van der Waals surface area contributed by atoms with Gasteiger partial charge >= 0.3 is 0 Å². The standard InChI is InChI=1S/C21H27NO2/c1-15(2)13-17-5-9-19(10-6-17)16(3)22-21(23)20-11-7-18(8-12-20)14-24-4/h5-12,15-16H,13-14H2,1-4H3,(H,22,23). The Morgan fingerprint density at radius 3 is 2.08 bits per heavy atom. The molecule has 0 aromatic heterocycles. The summed E-state index contributed by atoms with van der Waals surface area (Å²) >= 11 is 0. The van der Waals surface area contributed by atoms with Crippen LogP contribution in [0, 0.1) is 5.92 Å². The second-order valence-electron chi connectivity index (χ2n) is 6.66. The van der Waals surface area contributed by atoms with Crippen molar-refractivity contribution in [3.8, 4) is 0 Å². The number of rotatable bonds is 7. The Labute approximate surface area is 145 Å². The number of methoxy groups -OCH3 is 1. The van der Waals surface area contributed by atoms with Gasteiger partial charge in [-0.15, -0.1) is 0 Å². The van der Waals surface area contributed by atoms with Crippen molar-refractivity contribution in [3.63, 3.8) is 0 Å². The van der Waals surface area contributed by atoms with Gasteiger partial charge in [-0.3, -0.25) is 4.79 Å². The Bertz CT molecular complexity index is 645. The van der Waals surface area contributed by atoms with Gasteiger partial charge in [0.1, 0.15) is 0 Å². The van der Waals surface area contributed by atoms with Crippen LogP contribution in [-0.4, -0.2) is 13.0 Å². The Hall–Kier alpha value is -2.13. The molecule has 0 spiro atoms. The molecule has 2 aromatic carbocycles. The third-order valence-electron chi connectivity index (χ3n) is 4.00. The van der Waals surface area contributed by atoms with Crippen LogP contribution in [0.1, 0.15) is 53.9 Å². The highest BCUT2D eigenvalue weighted by molar-refractivity contribution is 5.94. The molecule has 1 atom stereocenters. The van der Waals surface area contributed by atoms with E-state index in [9.17, 15) is 4.79 Å². The van der Waals surface area contributed by atoms with E-state index in [2.05, 4.69) is 43.4 Å². The van der Waals surface area contributed by atoms with Crippen LogP contribution in [0.4, 0.5) is 0 Å². The highest BCUT2D eigenvalue weighted by Crippen LogP contribution is 2.16. The second-order valence-corrected chi connectivity index (χ2v) is 6.66. The quantitative estimate of drug-likeness (QED) is 0.812. The van der Waals surface area contributed by atoms with Gasteiger partial charge < -0.3 is 10.1 Å². The first-order valence-electron chi connectivity index (χ1n) is 8.47. The fourth-order valence-corrected chi connectivity index (χ4v) is 2.70. The molecule has 2 aromatic rings.